The van der Waals surface area contributed by atoms with Crippen molar-refractivity contribution in [3.8, 4) is 11.5 Å². The minimum absolute atomic E-state index is 0.00163. The van der Waals surface area contributed by atoms with Crippen molar-refractivity contribution in [2.45, 2.75) is 63.2 Å². The van der Waals surface area contributed by atoms with Crippen LogP contribution in [0.15, 0.2) is 97.2 Å². The van der Waals surface area contributed by atoms with Gasteiger partial charge in [-0.1, -0.05) is 78.4 Å². The van der Waals surface area contributed by atoms with Gasteiger partial charge in [0.1, 0.15) is 11.5 Å². The van der Waals surface area contributed by atoms with E-state index in [-0.39, 0.29) is 49.1 Å². The fourth-order valence-electron chi connectivity index (χ4n) is 9.01. The Balaban J connectivity index is 1.16. The number of benzene rings is 4. The first-order chi connectivity index (χ1) is 26.5. The van der Waals surface area contributed by atoms with Gasteiger partial charge >= 0.3 is 0 Å². The monoisotopic (exact) mass is 777 g/mol. The average Bonchev–Trinajstić information content (AvgIpc) is 3.83. The number of halogens is 1. The summed E-state index contributed by atoms with van der Waals surface area (Å²) in [6.07, 6.45) is 2.60. The number of methoxy groups -OCH3 is 1. The van der Waals surface area contributed by atoms with Crippen LogP contribution in [0.4, 0.5) is 17.1 Å². The Morgan fingerprint density at radius 3 is 2.58 bits per heavy atom. The standard InChI is InChI=1S/C42H44ClN5O6Si/c1-27-40(55(3,4)33-15-13-32(52-2)14-16-33)38(18-20-46-25-30(19-21-49)44-45-46)54-42(27)34-23-29(43)12-17-35(34)47(41(42)51)24-28-8-7-9-31(22-28)48-36-10-5-6-11-37(36)53-26-39(48)50/h5-17,22-23,25,27,38,40,49H,18-21,24,26H2,1-4H3/t27-,38+,40-,42+/m1/s1. The van der Waals surface area contributed by atoms with Gasteiger partial charge in [-0.05, 0) is 72.1 Å². The number of nitrogens with zero attached hydrogens (tertiary/aromatic N) is 5. The van der Waals surface area contributed by atoms with Crippen molar-refractivity contribution in [1.82, 2.24) is 15.0 Å². The van der Waals surface area contributed by atoms with E-state index in [1.807, 2.05) is 90.0 Å². The van der Waals surface area contributed by atoms with Gasteiger partial charge in [-0.25, -0.2) is 0 Å². The van der Waals surface area contributed by atoms with Crippen molar-refractivity contribution < 1.29 is 28.9 Å². The Kier molecular flexibility index (Phi) is 9.79. The van der Waals surface area contributed by atoms with Crippen molar-refractivity contribution in [1.29, 1.82) is 0 Å². The molecule has 0 bridgehead atoms. The first kappa shape index (κ1) is 36.9. The third-order valence-corrected chi connectivity index (χ3v) is 16.2. The topological polar surface area (TPSA) is 119 Å². The molecule has 0 aliphatic carbocycles. The van der Waals surface area contributed by atoms with Crippen LogP contribution >= 0.6 is 11.6 Å². The van der Waals surface area contributed by atoms with Gasteiger partial charge in [0.15, 0.2) is 12.2 Å². The molecular formula is C42H44ClN5O6Si. The fourth-order valence-corrected chi connectivity index (χ4v) is 13.2. The summed E-state index contributed by atoms with van der Waals surface area (Å²) in [4.78, 5) is 32.0. The van der Waals surface area contributed by atoms with Gasteiger partial charge in [0.25, 0.3) is 11.8 Å². The van der Waals surface area contributed by atoms with Gasteiger partial charge < -0.3 is 24.2 Å². The molecule has 4 atom stereocenters. The number of fused-ring (bicyclic) bond motifs is 3. The molecule has 3 aliphatic rings. The maximum Gasteiger partial charge on any atom is 0.269 e. The Hall–Kier alpha value is -5.01. The number of aliphatic hydroxyl groups is 1. The van der Waals surface area contributed by atoms with E-state index in [2.05, 4.69) is 42.5 Å². The number of ether oxygens (including phenoxy) is 3. The Morgan fingerprint density at radius 1 is 1.00 bits per heavy atom. The molecule has 3 aliphatic heterocycles. The fraction of sp³-hybridized carbons (Fsp3) is 0.333. The van der Waals surface area contributed by atoms with Crippen LogP contribution in [0.1, 0.15) is 30.2 Å². The lowest BCUT2D eigenvalue weighted by Crippen LogP contribution is -2.51. The number of hydrogen-bond donors (Lipinski definition) is 1. The second-order valence-electron chi connectivity index (χ2n) is 15.1. The molecule has 284 valence electrons. The first-order valence-electron chi connectivity index (χ1n) is 18.6. The van der Waals surface area contributed by atoms with Crippen molar-refractivity contribution in [3.63, 3.8) is 0 Å². The molecule has 8 rings (SSSR count). The van der Waals surface area contributed by atoms with Gasteiger partial charge in [0.2, 0.25) is 0 Å². The van der Waals surface area contributed by atoms with Gasteiger partial charge in [-0.15, -0.1) is 5.10 Å². The summed E-state index contributed by atoms with van der Waals surface area (Å²) in [5.41, 5.74) is 3.22. The smallest absolute Gasteiger partial charge is 0.269 e. The Morgan fingerprint density at radius 2 is 1.80 bits per heavy atom. The lowest BCUT2D eigenvalue weighted by molar-refractivity contribution is -0.146. The number of anilines is 3. The molecule has 11 nitrogen and oxygen atoms in total. The highest BCUT2D eigenvalue weighted by atomic mass is 35.5. The van der Waals surface area contributed by atoms with Gasteiger partial charge in [-0.2, -0.15) is 0 Å². The number of aromatic nitrogens is 3. The zero-order valence-electron chi connectivity index (χ0n) is 31.3. The molecule has 2 amide bonds. The van der Waals surface area contributed by atoms with Gasteiger partial charge in [0.05, 0.1) is 44.9 Å². The molecule has 1 aromatic heterocycles. The highest BCUT2D eigenvalue weighted by molar-refractivity contribution is 6.91. The van der Waals surface area contributed by atoms with Crippen LogP contribution in [-0.4, -0.2) is 66.4 Å². The molecule has 1 N–H and O–H groups in total. The van der Waals surface area contributed by atoms with Crippen molar-refractivity contribution in [2.75, 3.05) is 30.1 Å². The zero-order valence-corrected chi connectivity index (χ0v) is 33.1. The van der Waals surface area contributed by atoms with E-state index in [1.165, 1.54) is 5.19 Å². The summed E-state index contributed by atoms with van der Waals surface area (Å²) in [5, 5.41) is 19.8. The number of carbonyl (C=O) groups excluding carboxylic acids is 2. The molecule has 55 heavy (non-hydrogen) atoms. The molecule has 1 fully saturated rings. The van der Waals surface area contributed by atoms with Crippen LogP contribution < -0.4 is 24.5 Å². The predicted molar refractivity (Wildman–Crippen MR) is 213 cm³/mol. The summed E-state index contributed by atoms with van der Waals surface area (Å²) in [7, 11) is -0.716. The highest BCUT2D eigenvalue weighted by Crippen LogP contribution is 2.60. The van der Waals surface area contributed by atoms with Crippen LogP contribution in [0.2, 0.25) is 23.7 Å². The van der Waals surface area contributed by atoms with E-state index in [1.54, 1.807) is 16.7 Å². The third-order valence-electron chi connectivity index (χ3n) is 11.6. The van der Waals surface area contributed by atoms with Crippen LogP contribution in [0.5, 0.6) is 11.5 Å². The molecular weight excluding hydrogens is 734 g/mol. The number of aliphatic hydroxyl groups excluding tert-OH is 1. The summed E-state index contributed by atoms with van der Waals surface area (Å²) in [5.74, 6) is 0.913. The van der Waals surface area contributed by atoms with Crippen LogP contribution in [0.25, 0.3) is 0 Å². The summed E-state index contributed by atoms with van der Waals surface area (Å²) < 4.78 is 20.3. The number of amides is 2. The van der Waals surface area contributed by atoms with Crippen molar-refractivity contribution in [2.24, 2.45) is 5.92 Å². The predicted octanol–water partition coefficient (Wildman–Crippen LogP) is 6.39. The Labute approximate surface area is 326 Å². The molecule has 5 aromatic rings. The maximum absolute atomic E-state index is 15.3. The van der Waals surface area contributed by atoms with Crippen LogP contribution in [-0.2, 0) is 39.4 Å². The molecule has 4 aromatic carbocycles. The largest absolute Gasteiger partial charge is 0.497 e. The number of rotatable bonds is 11. The molecule has 13 heteroatoms. The first-order valence-corrected chi connectivity index (χ1v) is 22.1. The van der Waals surface area contributed by atoms with Gasteiger partial charge in [0, 0.05) is 48.0 Å². The SMILES string of the molecule is COc1ccc([Si](C)(C)[C@H]2[C@H](CCn3cc(CCO)nn3)O[C@@]3(C(=O)N(Cc4cccc(N5C(=O)COc6ccccc65)c4)c4ccc(Cl)cc43)[C@@H]2C)cc1. The average molecular weight is 778 g/mol. The summed E-state index contributed by atoms with van der Waals surface area (Å²) in [6.45, 7) is 7.60. The maximum atomic E-state index is 15.3. The van der Waals surface area contributed by atoms with E-state index in [4.69, 9.17) is 25.8 Å². The van der Waals surface area contributed by atoms with Crippen molar-refractivity contribution in [3.05, 3.63) is 119 Å². The summed E-state index contributed by atoms with van der Waals surface area (Å²) in [6, 6.07) is 29.2. The Bertz CT molecular complexity index is 2250. The molecule has 0 unspecified atom stereocenters. The highest BCUT2D eigenvalue weighted by Gasteiger charge is 2.66. The van der Waals surface area contributed by atoms with Gasteiger partial charge in [-0.3, -0.25) is 19.2 Å². The van der Waals surface area contributed by atoms with E-state index >= 15 is 4.79 Å². The second-order valence-corrected chi connectivity index (χ2v) is 20.2. The number of hydrogen-bond acceptors (Lipinski definition) is 8. The quantitative estimate of drug-likeness (QED) is 0.154. The lowest BCUT2D eigenvalue weighted by Gasteiger charge is -2.37. The van der Waals surface area contributed by atoms with E-state index in [0.29, 0.717) is 41.5 Å². The third kappa shape index (κ3) is 6.40. The normalized spacial score (nSPS) is 21.9. The molecule has 1 spiro atoms. The molecule has 4 heterocycles. The zero-order chi connectivity index (χ0) is 38.5. The number of carbonyl (C=O) groups is 2. The minimum atomic E-state index is -2.38. The lowest BCUT2D eigenvalue weighted by atomic mass is 9.82. The molecule has 0 radical (unpaired) electrons. The summed E-state index contributed by atoms with van der Waals surface area (Å²) >= 11 is 6.73. The van der Waals surface area contributed by atoms with E-state index in [9.17, 15) is 9.90 Å². The molecule has 0 saturated carbocycles. The van der Waals surface area contributed by atoms with Crippen LogP contribution in [0, 0.1) is 5.92 Å². The number of para-hydroxylation sites is 2. The van der Waals surface area contributed by atoms with Crippen LogP contribution in [0.3, 0.4) is 0 Å². The minimum Gasteiger partial charge on any atom is -0.497 e. The second kappa shape index (κ2) is 14.6. The number of aryl methyl sites for hydroxylation is 1. The molecule has 1 saturated heterocycles. The van der Waals surface area contributed by atoms with E-state index in [0.717, 1.165) is 28.3 Å². The van der Waals surface area contributed by atoms with Crippen molar-refractivity contribution >= 4 is 53.7 Å². The van der Waals surface area contributed by atoms with E-state index < -0.39 is 13.7 Å².